The Morgan fingerprint density at radius 2 is 1.40 bits per heavy atom. The van der Waals surface area contributed by atoms with Crippen molar-refractivity contribution in [3.63, 3.8) is 0 Å². The van der Waals surface area contributed by atoms with E-state index in [0.717, 1.165) is 17.9 Å². The van der Waals surface area contributed by atoms with Crippen molar-refractivity contribution in [1.29, 1.82) is 0 Å². The van der Waals surface area contributed by atoms with Crippen LogP contribution in [-0.4, -0.2) is 36.2 Å². The molecule has 1 aliphatic carbocycles. The first kappa shape index (κ1) is 29.3. The maximum atomic E-state index is 4.60. The Kier molecular flexibility index (Phi) is 10.7. The number of hydrogen-bond acceptors (Lipinski definition) is 4. The average Bonchev–Trinajstić information content (AvgIpc) is 3.05. The van der Waals surface area contributed by atoms with Crippen molar-refractivity contribution < 1.29 is 0 Å². The number of piperidine rings is 2. The minimum absolute atomic E-state index is 0.475. The Balaban J connectivity index is 0.000000194. The van der Waals surface area contributed by atoms with E-state index in [9.17, 15) is 0 Å². The largest absolute Gasteiger partial charge is 0.385 e. The fourth-order valence-electron chi connectivity index (χ4n) is 7.71. The van der Waals surface area contributed by atoms with E-state index in [-0.39, 0.29) is 0 Å². The predicted molar refractivity (Wildman–Crippen MR) is 168 cm³/mol. The van der Waals surface area contributed by atoms with Crippen molar-refractivity contribution in [2.45, 2.75) is 121 Å². The average molecular weight is 543 g/mol. The third-order valence-corrected chi connectivity index (χ3v) is 10.6. The van der Waals surface area contributed by atoms with Crippen LogP contribution in [0.3, 0.4) is 0 Å². The van der Waals surface area contributed by atoms with E-state index in [0.29, 0.717) is 23.9 Å². The van der Waals surface area contributed by atoms with E-state index >= 15 is 0 Å². The van der Waals surface area contributed by atoms with Crippen LogP contribution in [0, 0.1) is 11.8 Å². The van der Waals surface area contributed by atoms with Gasteiger partial charge < -0.3 is 16.0 Å². The SMILES string of the molecule is CC(c1ccccc1)C1CCCCN1.CC(c1ccccn1)C1CCC2=C(CC(C(C)C3CCCCN3)CC2)N1. The summed E-state index contributed by atoms with van der Waals surface area (Å²) in [4.78, 5) is 4.60. The normalized spacial score (nSPS) is 29.2. The van der Waals surface area contributed by atoms with Gasteiger partial charge in [0, 0.05) is 41.6 Å². The van der Waals surface area contributed by atoms with Gasteiger partial charge in [-0.1, -0.05) is 75.6 Å². The number of pyridine rings is 1. The molecule has 3 aliphatic heterocycles. The van der Waals surface area contributed by atoms with Gasteiger partial charge in [0.1, 0.15) is 0 Å². The molecule has 2 fully saturated rings. The first-order chi connectivity index (χ1) is 19.6. The molecule has 7 unspecified atom stereocenters. The number of aromatic nitrogens is 1. The molecular formula is C36H54N4. The molecule has 3 N–H and O–H groups in total. The van der Waals surface area contributed by atoms with E-state index in [1.165, 1.54) is 95.0 Å². The first-order valence-corrected chi connectivity index (χ1v) is 16.5. The van der Waals surface area contributed by atoms with Gasteiger partial charge in [-0.2, -0.15) is 0 Å². The second-order valence-electron chi connectivity index (χ2n) is 13.1. The van der Waals surface area contributed by atoms with Gasteiger partial charge in [0.05, 0.1) is 0 Å². The van der Waals surface area contributed by atoms with E-state index in [4.69, 9.17) is 0 Å². The highest BCUT2D eigenvalue weighted by molar-refractivity contribution is 5.24. The summed E-state index contributed by atoms with van der Waals surface area (Å²) in [5.41, 5.74) is 5.99. The van der Waals surface area contributed by atoms with E-state index in [2.05, 4.69) is 84.2 Å². The Morgan fingerprint density at radius 1 is 0.700 bits per heavy atom. The van der Waals surface area contributed by atoms with Gasteiger partial charge in [-0.15, -0.1) is 0 Å². The van der Waals surface area contributed by atoms with Crippen LogP contribution in [0.15, 0.2) is 66.0 Å². The standard InChI is InChI=1S/C23H35N3.C13H19N/c1-16(20-7-3-5-13-24-20)19-10-9-18-11-12-22(26-23(18)15-19)17(2)21-8-4-6-14-25-21;1-11(12-7-3-2-4-8-12)13-9-5-6-10-14-13/h4,6,8,14,16-17,19-20,22,24,26H,3,5,7,9-13,15H2,1-2H3;2-4,7-8,11,13-14H,5-6,9-10H2,1H3. The van der Waals surface area contributed by atoms with Crippen molar-refractivity contribution in [2.24, 2.45) is 11.8 Å². The Labute approximate surface area is 244 Å². The Morgan fingerprint density at radius 3 is 2.08 bits per heavy atom. The fourth-order valence-corrected chi connectivity index (χ4v) is 7.71. The highest BCUT2D eigenvalue weighted by Crippen LogP contribution is 2.40. The summed E-state index contributed by atoms with van der Waals surface area (Å²) in [6, 6.07) is 19.1. The van der Waals surface area contributed by atoms with Crippen LogP contribution >= 0.6 is 0 Å². The summed E-state index contributed by atoms with van der Waals surface area (Å²) < 4.78 is 0. The molecule has 1 aromatic carbocycles. The quantitative estimate of drug-likeness (QED) is 0.350. The van der Waals surface area contributed by atoms with Gasteiger partial charge >= 0.3 is 0 Å². The minimum Gasteiger partial charge on any atom is -0.385 e. The van der Waals surface area contributed by atoms with Crippen LogP contribution in [-0.2, 0) is 0 Å². The Hall–Kier alpha value is -2.17. The third kappa shape index (κ3) is 7.56. The maximum absolute atomic E-state index is 4.60. The summed E-state index contributed by atoms with van der Waals surface area (Å²) in [5, 5.41) is 11.4. The molecule has 0 spiro atoms. The molecular weight excluding hydrogens is 488 g/mol. The molecule has 7 atom stereocenters. The zero-order valence-electron chi connectivity index (χ0n) is 25.4. The second-order valence-corrected chi connectivity index (χ2v) is 13.1. The van der Waals surface area contributed by atoms with Crippen molar-refractivity contribution >= 4 is 0 Å². The molecule has 0 saturated carbocycles. The van der Waals surface area contributed by atoms with Crippen LogP contribution in [0.4, 0.5) is 0 Å². The number of rotatable bonds is 6. The van der Waals surface area contributed by atoms with Gasteiger partial charge in [-0.25, -0.2) is 0 Å². The monoisotopic (exact) mass is 542 g/mol. The molecule has 218 valence electrons. The molecule has 0 amide bonds. The molecule has 4 heterocycles. The molecule has 2 saturated heterocycles. The number of benzene rings is 1. The topological polar surface area (TPSA) is 49.0 Å². The Bertz CT molecular complexity index is 1040. The smallest absolute Gasteiger partial charge is 0.0452 e. The zero-order valence-corrected chi connectivity index (χ0v) is 25.4. The number of nitrogens with one attached hydrogen (secondary N) is 3. The molecule has 6 rings (SSSR count). The van der Waals surface area contributed by atoms with E-state index in [1.807, 2.05) is 12.3 Å². The molecule has 0 bridgehead atoms. The van der Waals surface area contributed by atoms with Crippen molar-refractivity contribution in [3.05, 3.63) is 77.3 Å². The number of nitrogens with zero attached hydrogens (tertiary/aromatic N) is 1. The molecule has 4 heteroatoms. The van der Waals surface area contributed by atoms with Crippen LogP contribution in [0.25, 0.3) is 0 Å². The summed E-state index contributed by atoms with van der Waals surface area (Å²) >= 11 is 0. The lowest BCUT2D eigenvalue weighted by molar-refractivity contribution is 0.207. The number of hydrogen-bond donors (Lipinski definition) is 3. The van der Waals surface area contributed by atoms with Gasteiger partial charge in [0.15, 0.2) is 0 Å². The van der Waals surface area contributed by atoms with Gasteiger partial charge in [-0.3, -0.25) is 4.98 Å². The molecule has 1 aromatic heterocycles. The molecule has 4 nitrogen and oxygen atoms in total. The molecule has 4 aliphatic rings. The van der Waals surface area contributed by atoms with E-state index < -0.39 is 0 Å². The first-order valence-electron chi connectivity index (χ1n) is 16.5. The third-order valence-electron chi connectivity index (χ3n) is 10.6. The molecule has 2 aromatic rings. The lowest BCUT2D eigenvalue weighted by atomic mass is 9.73. The van der Waals surface area contributed by atoms with E-state index in [1.54, 1.807) is 11.3 Å². The van der Waals surface area contributed by atoms with Crippen molar-refractivity contribution in [1.82, 2.24) is 20.9 Å². The zero-order chi connectivity index (χ0) is 27.7. The predicted octanol–water partition coefficient (Wildman–Crippen LogP) is 7.70. The number of allylic oxidation sites excluding steroid dienone is 2. The van der Waals surface area contributed by atoms with Crippen LogP contribution in [0.1, 0.15) is 114 Å². The second kappa shape index (κ2) is 14.6. The lowest BCUT2D eigenvalue weighted by Gasteiger charge is -2.41. The van der Waals surface area contributed by atoms with Crippen LogP contribution < -0.4 is 16.0 Å². The maximum Gasteiger partial charge on any atom is 0.0452 e. The van der Waals surface area contributed by atoms with Crippen molar-refractivity contribution in [2.75, 3.05) is 13.1 Å². The van der Waals surface area contributed by atoms with Crippen LogP contribution in [0.2, 0.25) is 0 Å². The summed E-state index contributed by atoms with van der Waals surface area (Å²) in [7, 11) is 0. The summed E-state index contributed by atoms with van der Waals surface area (Å²) in [6.07, 6.45) is 16.6. The highest BCUT2D eigenvalue weighted by Gasteiger charge is 2.34. The highest BCUT2D eigenvalue weighted by atomic mass is 15.0. The minimum atomic E-state index is 0.475. The summed E-state index contributed by atoms with van der Waals surface area (Å²) in [6.45, 7) is 9.58. The van der Waals surface area contributed by atoms with Gasteiger partial charge in [0.25, 0.3) is 0 Å². The van der Waals surface area contributed by atoms with Gasteiger partial charge in [-0.05, 0) is 106 Å². The van der Waals surface area contributed by atoms with Crippen molar-refractivity contribution in [3.8, 4) is 0 Å². The summed E-state index contributed by atoms with van der Waals surface area (Å²) in [5.74, 6) is 2.75. The lowest BCUT2D eigenvalue weighted by Crippen LogP contribution is -2.44. The van der Waals surface area contributed by atoms with Crippen LogP contribution in [0.5, 0.6) is 0 Å². The molecule has 0 radical (unpaired) electrons. The van der Waals surface area contributed by atoms with Gasteiger partial charge in [0.2, 0.25) is 0 Å². The molecule has 40 heavy (non-hydrogen) atoms. The fraction of sp³-hybridized carbons (Fsp3) is 0.639.